The average Bonchev–Trinajstić information content (AvgIpc) is 2.33. The molecule has 0 aromatic heterocycles. The van der Waals surface area contributed by atoms with Gasteiger partial charge in [-0.05, 0) is 39.9 Å². The van der Waals surface area contributed by atoms with Gasteiger partial charge in [-0.15, -0.1) is 0 Å². The van der Waals surface area contributed by atoms with Crippen LogP contribution in [0.25, 0.3) is 0 Å². The van der Waals surface area contributed by atoms with Crippen molar-refractivity contribution < 1.29 is 0 Å². The zero-order valence-corrected chi connectivity index (χ0v) is 13.1. The van der Waals surface area contributed by atoms with Gasteiger partial charge < -0.3 is 10.2 Å². The quantitative estimate of drug-likeness (QED) is 0.752. The van der Waals surface area contributed by atoms with Crippen molar-refractivity contribution in [3.8, 4) is 0 Å². The Hall–Kier alpha value is -0.120. The predicted octanol–water partition coefficient (Wildman–Crippen LogP) is 2.18. The Balaban J connectivity index is 2.48. The second-order valence-corrected chi connectivity index (χ2v) is 6.23. The molecular weight excluding hydrogens is 222 g/mol. The normalized spacial score (nSPS) is 23.8. The first kappa shape index (κ1) is 15.9. The lowest BCUT2D eigenvalue weighted by Gasteiger charge is -2.40. The summed E-state index contributed by atoms with van der Waals surface area (Å²) in [6, 6.07) is 2.02. The fourth-order valence-electron chi connectivity index (χ4n) is 2.92. The minimum Gasteiger partial charge on any atom is -0.313 e. The van der Waals surface area contributed by atoms with Gasteiger partial charge in [-0.25, -0.2) is 0 Å². The van der Waals surface area contributed by atoms with E-state index in [9.17, 15) is 0 Å². The third-order valence-electron chi connectivity index (χ3n) is 4.14. The highest BCUT2D eigenvalue weighted by atomic mass is 15.2. The maximum Gasteiger partial charge on any atom is 0.0223 e. The molecule has 1 rings (SSSR count). The molecule has 1 heterocycles. The molecule has 0 amide bonds. The minimum absolute atomic E-state index is 0.590. The first-order valence-corrected chi connectivity index (χ1v) is 7.68. The topological polar surface area (TPSA) is 18.5 Å². The Morgan fingerprint density at radius 1 is 1.39 bits per heavy atom. The van der Waals surface area contributed by atoms with Gasteiger partial charge in [0.1, 0.15) is 0 Å². The van der Waals surface area contributed by atoms with Gasteiger partial charge in [0.15, 0.2) is 0 Å². The summed E-state index contributed by atoms with van der Waals surface area (Å²) >= 11 is 0. The largest absolute Gasteiger partial charge is 0.313 e. The van der Waals surface area contributed by atoms with Crippen LogP contribution in [0.5, 0.6) is 0 Å². The second kappa shape index (κ2) is 8.13. The molecule has 0 radical (unpaired) electrons. The molecule has 0 aromatic rings. The summed E-state index contributed by atoms with van der Waals surface area (Å²) in [7, 11) is 4.58. The monoisotopic (exact) mass is 255 g/mol. The van der Waals surface area contributed by atoms with Gasteiger partial charge in [-0.1, -0.05) is 27.2 Å². The van der Waals surface area contributed by atoms with Gasteiger partial charge >= 0.3 is 0 Å². The zero-order chi connectivity index (χ0) is 13.5. The van der Waals surface area contributed by atoms with Gasteiger partial charge in [0, 0.05) is 31.2 Å². The number of piperidine rings is 1. The molecule has 18 heavy (non-hydrogen) atoms. The van der Waals surface area contributed by atoms with E-state index < -0.39 is 0 Å². The van der Waals surface area contributed by atoms with Crippen LogP contribution in [0.4, 0.5) is 0 Å². The van der Waals surface area contributed by atoms with Crippen molar-refractivity contribution in [1.29, 1.82) is 0 Å². The van der Waals surface area contributed by atoms with Crippen molar-refractivity contribution in [3.05, 3.63) is 0 Å². The van der Waals surface area contributed by atoms with E-state index in [1.165, 1.54) is 38.8 Å². The smallest absolute Gasteiger partial charge is 0.0223 e. The van der Waals surface area contributed by atoms with E-state index in [2.05, 4.69) is 50.0 Å². The molecule has 2 atom stereocenters. The van der Waals surface area contributed by atoms with E-state index in [-0.39, 0.29) is 0 Å². The molecule has 0 aromatic carbocycles. The van der Waals surface area contributed by atoms with Crippen LogP contribution in [0.15, 0.2) is 0 Å². The molecule has 1 saturated heterocycles. The summed E-state index contributed by atoms with van der Waals surface area (Å²) < 4.78 is 0. The molecule has 0 saturated carbocycles. The highest BCUT2D eigenvalue weighted by Crippen LogP contribution is 2.17. The van der Waals surface area contributed by atoms with Crippen LogP contribution in [-0.2, 0) is 0 Å². The van der Waals surface area contributed by atoms with Gasteiger partial charge in [-0.2, -0.15) is 0 Å². The molecule has 3 nitrogen and oxygen atoms in total. The van der Waals surface area contributed by atoms with Gasteiger partial charge in [-0.3, -0.25) is 4.90 Å². The molecule has 0 spiro atoms. The van der Waals surface area contributed by atoms with Crippen molar-refractivity contribution in [2.24, 2.45) is 0 Å². The highest BCUT2D eigenvalue weighted by Gasteiger charge is 2.25. The molecule has 3 heteroatoms. The summed E-state index contributed by atoms with van der Waals surface area (Å²) in [6.45, 7) is 10.4. The highest BCUT2D eigenvalue weighted by molar-refractivity contribution is 4.83. The number of hydrogen-bond donors (Lipinski definition) is 1. The molecule has 2 unspecified atom stereocenters. The van der Waals surface area contributed by atoms with Crippen molar-refractivity contribution >= 4 is 0 Å². The summed E-state index contributed by atoms with van der Waals surface area (Å²) in [4.78, 5) is 5.11. The van der Waals surface area contributed by atoms with E-state index >= 15 is 0 Å². The standard InChI is InChI=1S/C15H33N3/c1-6-8-14(11-16-13(2)3)18(5)15-9-7-10-17(4)12-15/h13-16H,6-12H2,1-5H3. The third kappa shape index (κ3) is 5.25. The zero-order valence-electron chi connectivity index (χ0n) is 13.1. The van der Waals surface area contributed by atoms with Gasteiger partial charge in [0.25, 0.3) is 0 Å². The molecule has 1 fully saturated rings. The number of rotatable bonds is 7. The van der Waals surface area contributed by atoms with Crippen LogP contribution in [0.2, 0.25) is 0 Å². The summed E-state index contributed by atoms with van der Waals surface area (Å²) in [5, 5.41) is 3.61. The lowest BCUT2D eigenvalue weighted by atomic mass is 10.0. The number of nitrogens with one attached hydrogen (secondary N) is 1. The number of nitrogens with zero attached hydrogens (tertiary/aromatic N) is 2. The van der Waals surface area contributed by atoms with Crippen molar-refractivity contribution in [2.45, 2.75) is 64.6 Å². The molecule has 108 valence electrons. The fraction of sp³-hybridized carbons (Fsp3) is 1.00. The number of hydrogen-bond acceptors (Lipinski definition) is 3. The SMILES string of the molecule is CCCC(CNC(C)C)N(C)C1CCCN(C)C1. The molecule has 0 aliphatic carbocycles. The first-order valence-electron chi connectivity index (χ1n) is 7.68. The lowest BCUT2D eigenvalue weighted by molar-refractivity contribution is 0.0926. The number of likely N-dealkylation sites (tertiary alicyclic amines) is 1. The first-order chi connectivity index (χ1) is 8.54. The molecule has 1 aliphatic heterocycles. The lowest BCUT2D eigenvalue weighted by Crippen LogP contribution is -2.52. The summed E-state index contributed by atoms with van der Waals surface area (Å²) in [5.41, 5.74) is 0. The Morgan fingerprint density at radius 2 is 2.11 bits per heavy atom. The maximum absolute atomic E-state index is 3.61. The van der Waals surface area contributed by atoms with Crippen molar-refractivity contribution in [2.75, 3.05) is 33.7 Å². The maximum atomic E-state index is 3.61. The minimum atomic E-state index is 0.590. The fourth-order valence-corrected chi connectivity index (χ4v) is 2.92. The van der Waals surface area contributed by atoms with Gasteiger partial charge in [0.2, 0.25) is 0 Å². The average molecular weight is 255 g/mol. The van der Waals surface area contributed by atoms with Crippen LogP contribution < -0.4 is 5.32 Å². The molecule has 1 aliphatic rings. The van der Waals surface area contributed by atoms with Crippen LogP contribution in [0, 0.1) is 0 Å². The Labute approximate surface area is 114 Å². The van der Waals surface area contributed by atoms with E-state index in [0.29, 0.717) is 12.1 Å². The third-order valence-corrected chi connectivity index (χ3v) is 4.14. The van der Waals surface area contributed by atoms with E-state index in [1.54, 1.807) is 0 Å². The molecule has 1 N–H and O–H groups in total. The van der Waals surface area contributed by atoms with E-state index in [0.717, 1.165) is 12.6 Å². The summed E-state index contributed by atoms with van der Waals surface area (Å²) in [5.74, 6) is 0. The molecular formula is C15H33N3. The predicted molar refractivity (Wildman–Crippen MR) is 80.1 cm³/mol. The van der Waals surface area contributed by atoms with Gasteiger partial charge in [0.05, 0.1) is 0 Å². The van der Waals surface area contributed by atoms with Crippen LogP contribution in [0.3, 0.4) is 0 Å². The summed E-state index contributed by atoms with van der Waals surface area (Å²) in [6.07, 6.45) is 5.29. The Bertz CT molecular complexity index is 218. The second-order valence-electron chi connectivity index (χ2n) is 6.23. The Morgan fingerprint density at radius 3 is 2.67 bits per heavy atom. The number of likely N-dealkylation sites (N-methyl/N-ethyl adjacent to an activating group) is 2. The van der Waals surface area contributed by atoms with Crippen molar-refractivity contribution in [3.63, 3.8) is 0 Å². The Kier molecular flexibility index (Phi) is 7.20. The van der Waals surface area contributed by atoms with Crippen LogP contribution in [-0.4, -0.2) is 61.7 Å². The van der Waals surface area contributed by atoms with Crippen LogP contribution >= 0.6 is 0 Å². The van der Waals surface area contributed by atoms with Crippen LogP contribution in [0.1, 0.15) is 46.5 Å². The van der Waals surface area contributed by atoms with E-state index in [1.807, 2.05) is 0 Å². The van der Waals surface area contributed by atoms with E-state index in [4.69, 9.17) is 0 Å². The molecule has 0 bridgehead atoms. The van der Waals surface area contributed by atoms with Crippen molar-refractivity contribution in [1.82, 2.24) is 15.1 Å².